The van der Waals surface area contributed by atoms with Gasteiger partial charge in [0.25, 0.3) is 0 Å². The topological polar surface area (TPSA) is 12.0 Å². The van der Waals surface area contributed by atoms with Gasteiger partial charge < -0.3 is 5.32 Å². The zero-order valence-electron chi connectivity index (χ0n) is 8.37. The molecular weight excluding hydrogens is 158 g/mol. The molecular formula is C12H19N. The fourth-order valence-corrected chi connectivity index (χ4v) is 2.59. The van der Waals surface area contributed by atoms with Crippen LogP contribution >= 0.6 is 0 Å². The Labute approximate surface area is 80.9 Å². The van der Waals surface area contributed by atoms with Crippen molar-refractivity contribution < 1.29 is 0 Å². The van der Waals surface area contributed by atoms with E-state index >= 15 is 0 Å². The van der Waals surface area contributed by atoms with Crippen molar-refractivity contribution in [2.45, 2.75) is 38.3 Å². The van der Waals surface area contributed by atoms with Crippen LogP contribution in [0.2, 0.25) is 0 Å². The Morgan fingerprint density at radius 1 is 1.69 bits per heavy atom. The molecule has 0 aromatic rings. The first-order valence-electron chi connectivity index (χ1n) is 5.35. The van der Waals surface area contributed by atoms with Crippen LogP contribution in [0.1, 0.15) is 26.2 Å². The normalized spacial score (nSPS) is 38.1. The largest absolute Gasteiger partial charge is 0.311 e. The second-order valence-electron chi connectivity index (χ2n) is 4.44. The predicted molar refractivity (Wildman–Crippen MR) is 56.6 cm³/mol. The highest BCUT2D eigenvalue weighted by Gasteiger charge is 2.40. The smallest absolute Gasteiger partial charge is 0.0138 e. The minimum Gasteiger partial charge on any atom is -0.311 e. The lowest BCUT2D eigenvalue weighted by Gasteiger charge is -2.42. The second-order valence-corrected chi connectivity index (χ2v) is 4.44. The molecule has 0 heterocycles. The Morgan fingerprint density at radius 3 is 3.23 bits per heavy atom. The highest BCUT2D eigenvalue weighted by atomic mass is 15.0. The van der Waals surface area contributed by atoms with E-state index in [2.05, 4.69) is 31.0 Å². The molecule has 1 saturated carbocycles. The van der Waals surface area contributed by atoms with Crippen molar-refractivity contribution in [3.05, 3.63) is 24.8 Å². The lowest BCUT2D eigenvalue weighted by atomic mass is 9.71. The van der Waals surface area contributed by atoms with E-state index in [4.69, 9.17) is 0 Å². The monoisotopic (exact) mass is 177 g/mol. The molecule has 4 atom stereocenters. The number of hydrogen-bond donors (Lipinski definition) is 1. The van der Waals surface area contributed by atoms with Crippen LogP contribution in [0.15, 0.2) is 24.8 Å². The van der Waals surface area contributed by atoms with Crippen molar-refractivity contribution in [2.75, 3.05) is 0 Å². The van der Waals surface area contributed by atoms with Crippen molar-refractivity contribution in [2.24, 2.45) is 11.8 Å². The number of nitrogens with one attached hydrogen (secondary N) is 1. The van der Waals surface area contributed by atoms with Crippen LogP contribution in [-0.2, 0) is 0 Å². The van der Waals surface area contributed by atoms with Crippen LogP contribution in [0.25, 0.3) is 0 Å². The van der Waals surface area contributed by atoms with Gasteiger partial charge in [-0.15, -0.1) is 6.58 Å². The summed E-state index contributed by atoms with van der Waals surface area (Å²) in [7, 11) is 0. The second kappa shape index (κ2) is 3.67. The summed E-state index contributed by atoms with van der Waals surface area (Å²) in [6.07, 6.45) is 10.5. The minimum atomic E-state index is 0.595. The Hall–Kier alpha value is -0.560. The lowest BCUT2D eigenvalue weighted by Crippen LogP contribution is -2.50. The third-order valence-electron chi connectivity index (χ3n) is 3.38. The quantitative estimate of drug-likeness (QED) is 0.651. The highest BCUT2D eigenvalue weighted by molar-refractivity contribution is 5.13. The van der Waals surface area contributed by atoms with Gasteiger partial charge in [0, 0.05) is 12.1 Å². The summed E-state index contributed by atoms with van der Waals surface area (Å²) >= 11 is 0. The summed E-state index contributed by atoms with van der Waals surface area (Å²) in [4.78, 5) is 0. The van der Waals surface area contributed by atoms with Crippen LogP contribution in [0, 0.1) is 11.8 Å². The molecule has 13 heavy (non-hydrogen) atoms. The molecule has 0 aromatic heterocycles. The molecule has 0 bridgehead atoms. The van der Waals surface area contributed by atoms with E-state index < -0.39 is 0 Å². The van der Waals surface area contributed by atoms with Gasteiger partial charge in [0.15, 0.2) is 0 Å². The van der Waals surface area contributed by atoms with Gasteiger partial charge in [0.2, 0.25) is 0 Å². The molecule has 1 fully saturated rings. The summed E-state index contributed by atoms with van der Waals surface area (Å²) < 4.78 is 0. The first-order valence-corrected chi connectivity index (χ1v) is 5.35. The van der Waals surface area contributed by atoms with Gasteiger partial charge in [-0.05, 0) is 38.0 Å². The third-order valence-corrected chi connectivity index (χ3v) is 3.38. The standard InChI is InChI=1S/C12H19N/c1-3-5-9(2)13-12-8-10-6-4-7-11(10)12/h3-4,7,9-13H,1,5-6,8H2,2H3. The maximum atomic E-state index is 3.76. The van der Waals surface area contributed by atoms with Crippen LogP contribution in [-0.4, -0.2) is 12.1 Å². The van der Waals surface area contributed by atoms with E-state index in [9.17, 15) is 0 Å². The van der Waals surface area contributed by atoms with Gasteiger partial charge in [-0.2, -0.15) is 0 Å². The lowest BCUT2D eigenvalue weighted by molar-refractivity contribution is 0.152. The highest BCUT2D eigenvalue weighted by Crippen LogP contribution is 2.42. The molecule has 2 rings (SSSR count). The Bertz CT molecular complexity index is 219. The zero-order valence-corrected chi connectivity index (χ0v) is 8.37. The molecule has 72 valence electrons. The van der Waals surface area contributed by atoms with Crippen LogP contribution in [0.4, 0.5) is 0 Å². The van der Waals surface area contributed by atoms with E-state index in [1.807, 2.05) is 6.08 Å². The number of fused-ring (bicyclic) bond motifs is 1. The van der Waals surface area contributed by atoms with E-state index in [0.29, 0.717) is 6.04 Å². The molecule has 2 aliphatic rings. The zero-order chi connectivity index (χ0) is 9.26. The fraction of sp³-hybridized carbons (Fsp3) is 0.667. The van der Waals surface area contributed by atoms with Crippen molar-refractivity contribution >= 4 is 0 Å². The Kier molecular flexibility index (Phi) is 2.54. The van der Waals surface area contributed by atoms with Crippen molar-refractivity contribution in [1.29, 1.82) is 0 Å². The molecule has 0 aliphatic heterocycles. The molecule has 0 amide bonds. The SMILES string of the molecule is C=CCC(C)NC1CC2CC=CC21. The van der Waals surface area contributed by atoms with Crippen molar-refractivity contribution in [3.63, 3.8) is 0 Å². The number of rotatable bonds is 4. The third kappa shape index (κ3) is 1.71. The van der Waals surface area contributed by atoms with Gasteiger partial charge in [-0.3, -0.25) is 0 Å². The molecule has 1 heteroatoms. The fourth-order valence-electron chi connectivity index (χ4n) is 2.59. The molecule has 0 radical (unpaired) electrons. The van der Waals surface area contributed by atoms with Crippen molar-refractivity contribution in [3.8, 4) is 0 Å². The average Bonchev–Trinajstić information content (AvgIpc) is 2.43. The molecule has 4 unspecified atom stereocenters. The predicted octanol–water partition coefficient (Wildman–Crippen LogP) is 2.51. The first-order chi connectivity index (χ1) is 6.31. The van der Waals surface area contributed by atoms with Gasteiger partial charge in [-0.25, -0.2) is 0 Å². The van der Waals surface area contributed by atoms with Gasteiger partial charge in [0.1, 0.15) is 0 Å². The van der Waals surface area contributed by atoms with Crippen LogP contribution in [0.5, 0.6) is 0 Å². The van der Waals surface area contributed by atoms with E-state index in [1.165, 1.54) is 12.8 Å². The molecule has 2 aliphatic carbocycles. The number of hydrogen-bond acceptors (Lipinski definition) is 1. The minimum absolute atomic E-state index is 0.595. The molecule has 1 N–H and O–H groups in total. The number of allylic oxidation sites excluding steroid dienone is 1. The van der Waals surface area contributed by atoms with Gasteiger partial charge >= 0.3 is 0 Å². The van der Waals surface area contributed by atoms with E-state index in [1.54, 1.807) is 0 Å². The molecule has 0 saturated heterocycles. The van der Waals surface area contributed by atoms with E-state index in [-0.39, 0.29) is 0 Å². The van der Waals surface area contributed by atoms with Crippen LogP contribution in [0.3, 0.4) is 0 Å². The summed E-state index contributed by atoms with van der Waals surface area (Å²) in [5, 5.41) is 3.67. The van der Waals surface area contributed by atoms with Gasteiger partial charge in [-0.1, -0.05) is 18.2 Å². The van der Waals surface area contributed by atoms with E-state index in [0.717, 1.165) is 24.3 Å². The Morgan fingerprint density at radius 2 is 2.54 bits per heavy atom. The average molecular weight is 177 g/mol. The maximum absolute atomic E-state index is 3.76. The molecule has 1 nitrogen and oxygen atoms in total. The summed E-state index contributed by atoms with van der Waals surface area (Å²) in [5.41, 5.74) is 0. The maximum Gasteiger partial charge on any atom is 0.0138 e. The van der Waals surface area contributed by atoms with Gasteiger partial charge in [0.05, 0.1) is 0 Å². The van der Waals surface area contributed by atoms with Crippen LogP contribution < -0.4 is 5.32 Å². The summed E-state index contributed by atoms with van der Waals surface area (Å²) in [6.45, 7) is 6.01. The summed E-state index contributed by atoms with van der Waals surface area (Å²) in [5.74, 6) is 1.81. The first kappa shape index (κ1) is 9.01. The molecule has 0 spiro atoms. The van der Waals surface area contributed by atoms with Crippen molar-refractivity contribution in [1.82, 2.24) is 5.32 Å². The molecule has 0 aromatic carbocycles. The Balaban J connectivity index is 1.77. The summed E-state index contributed by atoms with van der Waals surface area (Å²) in [6, 6.07) is 1.34.